The van der Waals surface area contributed by atoms with Crippen LogP contribution in [-0.4, -0.2) is 41.8 Å². The number of hydrogen-bond acceptors (Lipinski definition) is 4. The summed E-state index contributed by atoms with van der Waals surface area (Å²) >= 11 is 0. The first-order chi connectivity index (χ1) is 14.9. The number of carbonyl (C=O) groups excluding carboxylic acids is 2. The fourth-order valence-electron chi connectivity index (χ4n) is 3.76. The molecular weight excluding hydrogens is 426 g/mol. The number of nitrogens with one attached hydrogen (secondary N) is 1. The number of amidine groups is 1. The molecule has 1 atom stereocenters. The lowest BCUT2D eigenvalue weighted by Crippen LogP contribution is -2.39. The van der Waals surface area contributed by atoms with Gasteiger partial charge in [0, 0.05) is 30.6 Å². The summed E-state index contributed by atoms with van der Waals surface area (Å²) in [5, 5.41) is 7.48. The third kappa shape index (κ3) is 6.57. The van der Waals surface area contributed by atoms with Crippen molar-refractivity contribution in [3.8, 4) is 11.1 Å². The molecule has 0 saturated carbocycles. The molecule has 1 aliphatic heterocycles. The lowest BCUT2D eigenvalue weighted by Gasteiger charge is -2.32. The SMILES string of the molecule is CC[C@H](C)OC(=O)CC1CCN(C(=O)c2ccc(-c3ccc(C(=N)N)cc3)cc2)CC1.Cl. The third-order valence-corrected chi connectivity index (χ3v) is 5.93. The van der Waals surface area contributed by atoms with Crippen LogP contribution in [-0.2, 0) is 9.53 Å². The minimum absolute atomic E-state index is 0. The summed E-state index contributed by atoms with van der Waals surface area (Å²) in [4.78, 5) is 26.7. The number of likely N-dealkylation sites (tertiary alicyclic amines) is 1. The van der Waals surface area contributed by atoms with Crippen LogP contribution in [0.25, 0.3) is 11.1 Å². The van der Waals surface area contributed by atoms with E-state index in [1.54, 1.807) is 0 Å². The zero-order valence-electron chi connectivity index (χ0n) is 18.7. The molecule has 1 saturated heterocycles. The van der Waals surface area contributed by atoms with Gasteiger partial charge in [-0.1, -0.05) is 43.3 Å². The Morgan fingerprint density at radius 2 is 1.53 bits per heavy atom. The Hall–Kier alpha value is -2.86. The van der Waals surface area contributed by atoms with Crippen molar-refractivity contribution in [2.24, 2.45) is 11.7 Å². The van der Waals surface area contributed by atoms with Crippen LogP contribution in [0.5, 0.6) is 0 Å². The number of carbonyl (C=O) groups is 2. The van der Waals surface area contributed by atoms with Crippen LogP contribution in [0.2, 0.25) is 0 Å². The second-order valence-electron chi connectivity index (χ2n) is 8.22. The van der Waals surface area contributed by atoms with Crippen molar-refractivity contribution >= 4 is 30.1 Å². The maximum absolute atomic E-state index is 12.9. The van der Waals surface area contributed by atoms with Crippen molar-refractivity contribution < 1.29 is 14.3 Å². The lowest BCUT2D eigenvalue weighted by molar-refractivity contribution is -0.149. The lowest BCUT2D eigenvalue weighted by atomic mass is 9.93. The minimum atomic E-state index is -0.133. The summed E-state index contributed by atoms with van der Waals surface area (Å²) in [5.74, 6) is 0.217. The highest BCUT2D eigenvalue weighted by atomic mass is 35.5. The number of nitrogens with zero attached hydrogens (tertiary/aromatic N) is 1. The van der Waals surface area contributed by atoms with Crippen molar-refractivity contribution in [1.82, 2.24) is 4.90 Å². The smallest absolute Gasteiger partial charge is 0.306 e. The summed E-state index contributed by atoms with van der Waals surface area (Å²) in [7, 11) is 0. The molecule has 3 rings (SSSR count). The average Bonchev–Trinajstić information content (AvgIpc) is 2.79. The molecule has 0 bridgehead atoms. The summed E-state index contributed by atoms with van der Waals surface area (Å²) in [6, 6.07) is 15.1. The number of nitrogen functional groups attached to an aromatic ring is 1. The first kappa shape index (κ1) is 25.4. The van der Waals surface area contributed by atoms with Gasteiger partial charge in [0.2, 0.25) is 0 Å². The molecule has 1 fully saturated rings. The minimum Gasteiger partial charge on any atom is -0.463 e. The standard InChI is InChI=1S/C25H31N3O3.ClH/c1-3-17(2)31-23(29)16-18-12-14-28(15-13-18)25(30)22-10-6-20(7-11-22)19-4-8-21(9-5-19)24(26)27;/h4-11,17-18H,3,12-16H2,1-2H3,(H3,26,27);1H/t17-;/m0./s1. The van der Waals surface area contributed by atoms with Crippen LogP contribution >= 0.6 is 12.4 Å². The largest absolute Gasteiger partial charge is 0.463 e. The number of esters is 1. The van der Waals surface area contributed by atoms with E-state index in [9.17, 15) is 9.59 Å². The number of nitrogens with two attached hydrogens (primary N) is 1. The van der Waals surface area contributed by atoms with Gasteiger partial charge in [-0.15, -0.1) is 12.4 Å². The quantitative estimate of drug-likeness (QED) is 0.359. The van der Waals surface area contributed by atoms with Crippen LogP contribution < -0.4 is 5.73 Å². The van der Waals surface area contributed by atoms with E-state index in [1.807, 2.05) is 67.3 Å². The topological polar surface area (TPSA) is 96.5 Å². The number of ether oxygens (including phenoxy) is 1. The van der Waals surface area contributed by atoms with Crippen LogP contribution in [0, 0.1) is 11.3 Å². The average molecular weight is 458 g/mol. The number of hydrogen-bond donors (Lipinski definition) is 2. The predicted octanol–water partition coefficient (Wildman–Crippen LogP) is 4.64. The number of piperidine rings is 1. The fraction of sp³-hybridized carbons (Fsp3) is 0.400. The molecule has 1 heterocycles. The molecule has 6 nitrogen and oxygen atoms in total. The maximum Gasteiger partial charge on any atom is 0.306 e. The van der Waals surface area contributed by atoms with E-state index in [2.05, 4.69) is 0 Å². The number of benzene rings is 2. The first-order valence-electron chi connectivity index (χ1n) is 10.9. The van der Waals surface area contributed by atoms with Crippen molar-refractivity contribution in [2.45, 2.75) is 45.6 Å². The molecular formula is C25H32ClN3O3. The van der Waals surface area contributed by atoms with Gasteiger partial charge in [-0.2, -0.15) is 0 Å². The normalized spacial score (nSPS) is 14.9. The Bertz CT molecular complexity index is 920. The second-order valence-corrected chi connectivity index (χ2v) is 8.22. The first-order valence-corrected chi connectivity index (χ1v) is 10.9. The molecule has 172 valence electrons. The van der Waals surface area contributed by atoms with Gasteiger partial charge in [0.05, 0.1) is 6.10 Å². The zero-order valence-corrected chi connectivity index (χ0v) is 19.5. The molecule has 1 amide bonds. The number of halogens is 1. The predicted molar refractivity (Wildman–Crippen MR) is 129 cm³/mol. The monoisotopic (exact) mass is 457 g/mol. The van der Waals surface area contributed by atoms with E-state index >= 15 is 0 Å². The highest BCUT2D eigenvalue weighted by molar-refractivity contribution is 5.96. The van der Waals surface area contributed by atoms with Crippen molar-refractivity contribution in [3.05, 3.63) is 59.7 Å². The van der Waals surface area contributed by atoms with E-state index in [-0.39, 0.29) is 42.1 Å². The fourth-order valence-corrected chi connectivity index (χ4v) is 3.76. The Labute approximate surface area is 196 Å². The van der Waals surface area contributed by atoms with E-state index < -0.39 is 0 Å². The molecule has 1 aliphatic rings. The summed E-state index contributed by atoms with van der Waals surface area (Å²) in [5.41, 5.74) is 8.87. The molecule has 0 aromatic heterocycles. The van der Waals surface area contributed by atoms with E-state index in [0.29, 0.717) is 30.6 Å². The number of rotatable bonds is 7. The van der Waals surface area contributed by atoms with Gasteiger partial charge in [0.1, 0.15) is 5.84 Å². The maximum atomic E-state index is 12.9. The summed E-state index contributed by atoms with van der Waals surface area (Å²) < 4.78 is 5.38. The van der Waals surface area contributed by atoms with Crippen LogP contribution in [0.3, 0.4) is 0 Å². The summed E-state index contributed by atoms with van der Waals surface area (Å²) in [6.07, 6.45) is 2.86. The van der Waals surface area contributed by atoms with Gasteiger partial charge < -0.3 is 15.4 Å². The molecule has 0 spiro atoms. The molecule has 32 heavy (non-hydrogen) atoms. The van der Waals surface area contributed by atoms with Gasteiger partial charge >= 0.3 is 5.97 Å². The Balaban J connectivity index is 0.00000363. The summed E-state index contributed by atoms with van der Waals surface area (Å²) in [6.45, 7) is 5.23. The van der Waals surface area contributed by atoms with Crippen LogP contribution in [0.1, 0.15) is 55.5 Å². The molecule has 0 unspecified atom stereocenters. The number of amides is 1. The van der Waals surface area contributed by atoms with Crippen molar-refractivity contribution in [3.63, 3.8) is 0 Å². The van der Waals surface area contributed by atoms with Gasteiger partial charge in [-0.3, -0.25) is 15.0 Å². The second kappa shape index (κ2) is 11.7. The highest BCUT2D eigenvalue weighted by Crippen LogP contribution is 2.24. The van der Waals surface area contributed by atoms with Gasteiger partial charge in [-0.25, -0.2) is 0 Å². The van der Waals surface area contributed by atoms with Crippen LogP contribution in [0.4, 0.5) is 0 Å². The van der Waals surface area contributed by atoms with E-state index in [0.717, 1.165) is 30.4 Å². The van der Waals surface area contributed by atoms with E-state index in [4.69, 9.17) is 15.9 Å². The molecule has 2 aromatic carbocycles. The Kier molecular flexibility index (Phi) is 9.27. The highest BCUT2D eigenvalue weighted by Gasteiger charge is 2.26. The Morgan fingerprint density at radius 1 is 1.03 bits per heavy atom. The molecule has 7 heteroatoms. The van der Waals surface area contributed by atoms with Gasteiger partial charge in [0.25, 0.3) is 5.91 Å². The van der Waals surface area contributed by atoms with E-state index in [1.165, 1.54) is 0 Å². The molecule has 2 aromatic rings. The van der Waals surface area contributed by atoms with Crippen molar-refractivity contribution in [1.29, 1.82) is 5.41 Å². The third-order valence-electron chi connectivity index (χ3n) is 5.93. The van der Waals surface area contributed by atoms with Crippen LogP contribution in [0.15, 0.2) is 48.5 Å². The molecule has 3 N–H and O–H groups in total. The zero-order chi connectivity index (χ0) is 22.4. The van der Waals surface area contributed by atoms with Gasteiger partial charge in [-0.05, 0) is 55.4 Å². The van der Waals surface area contributed by atoms with Crippen molar-refractivity contribution in [2.75, 3.05) is 13.1 Å². The Morgan fingerprint density at radius 3 is 2.00 bits per heavy atom. The molecule has 0 radical (unpaired) electrons. The molecule has 0 aliphatic carbocycles. The van der Waals surface area contributed by atoms with Gasteiger partial charge in [0.15, 0.2) is 0 Å².